The van der Waals surface area contributed by atoms with Crippen LogP contribution in [-0.2, 0) is 4.74 Å². The molecule has 2 heterocycles. The Hall–Kier alpha value is 0.690. The van der Waals surface area contributed by atoms with Gasteiger partial charge in [-0.05, 0) is 25.7 Å². The molecule has 2 bridgehead atoms. The molecule has 0 amide bonds. The van der Waals surface area contributed by atoms with Gasteiger partial charge in [-0.2, -0.15) is 0 Å². The molecule has 2 aliphatic heterocycles. The molecular weight excluding hydrogens is 227 g/mol. The van der Waals surface area contributed by atoms with E-state index < -0.39 is 0 Å². The van der Waals surface area contributed by atoms with Crippen molar-refractivity contribution in [3.8, 4) is 0 Å². The van der Waals surface area contributed by atoms with Crippen molar-refractivity contribution < 1.29 is 4.74 Å². The van der Waals surface area contributed by atoms with Gasteiger partial charge in [0.2, 0.25) is 0 Å². The Morgan fingerprint density at radius 2 is 2.33 bits per heavy atom. The minimum absolute atomic E-state index is 0.338. The first-order chi connectivity index (χ1) is 4.26. The van der Waals surface area contributed by atoms with E-state index in [9.17, 15) is 0 Å². The van der Waals surface area contributed by atoms with Crippen molar-refractivity contribution in [3.63, 3.8) is 0 Å². The lowest BCUT2D eigenvalue weighted by molar-refractivity contribution is 0.00426. The predicted molar refractivity (Wildman–Crippen MR) is 44.9 cm³/mol. The number of ether oxygens (including phenoxy) is 1. The van der Waals surface area contributed by atoms with Gasteiger partial charge in [-0.15, -0.1) is 0 Å². The van der Waals surface area contributed by atoms with E-state index in [2.05, 4.69) is 29.5 Å². The summed E-state index contributed by atoms with van der Waals surface area (Å²) in [5, 5.41) is 0. The van der Waals surface area contributed by atoms with E-state index in [1.807, 2.05) is 0 Å². The summed E-state index contributed by atoms with van der Waals surface area (Å²) in [6.07, 6.45) is 3.22. The van der Waals surface area contributed by atoms with Crippen LogP contribution >= 0.6 is 22.6 Å². The topological polar surface area (TPSA) is 9.23 Å². The number of hydrogen-bond acceptors (Lipinski definition) is 1. The quantitative estimate of drug-likeness (QED) is 0.501. The van der Waals surface area contributed by atoms with E-state index >= 15 is 0 Å². The summed E-state index contributed by atoms with van der Waals surface area (Å²) < 4.78 is 6.95. The molecule has 1 unspecified atom stereocenters. The summed E-state index contributed by atoms with van der Waals surface area (Å²) in [6, 6.07) is 0. The Bertz CT molecular complexity index is 129. The Morgan fingerprint density at radius 3 is 2.56 bits per heavy atom. The molecule has 0 spiro atoms. The Morgan fingerprint density at radius 1 is 1.67 bits per heavy atom. The molecule has 0 aromatic heterocycles. The monoisotopic (exact) mass is 238 g/mol. The molecule has 2 heteroatoms. The van der Waals surface area contributed by atoms with Crippen LogP contribution in [0.25, 0.3) is 0 Å². The molecule has 0 N–H and O–H groups in total. The molecule has 0 aromatic carbocycles. The van der Waals surface area contributed by atoms with Gasteiger partial charge < -0.3 is 4.74 Å². The molecule has 1 atom stereocenters. The number of rotatable bonds is 1. The van der Waals surface area contributed by atoms with E-state index in [-0.39, 0.29) is 0 Å². The maximum absolute atomic E-state index is 5.76. The summed E-state index contributed by atoms with van der Waals surface area (Å²) in [5.74, 6) is 0.903. The third kappa shape index (κ3) is 0.755. The number of alkyl halides is 1. The molecule has 0 aromatic rings. The van der Waals surface area contributed by atoms with Gasteiger partial charge in [0.05, 0.1) is 11.7 Å². The Balaban J connectivity index is 2.09. The molecule has 1 nitrogen and oxygen atoms in total. The first kappa shape index (κ1) is 6.40. The largest absolute Gasteiger partial charge is 0.371 e. The highest BCUT2D eigenvalue weighted by molar-refractivity contribution is 14.1. The van der Waals surface area contributed by atoms with Crippen molar-refractivity contribution in [3.05, 3.63) is 0 Å². The molecule has 52 valence electrons. The molecule has 1 aliphatic carbocycles. The van der Waals surface area contributed by atoms with Crippen molar-refractivity contribution in [2.24, 2.45) is 5.92 Å². The van der Waals surface area contributed by atoms with Gasteiger partial charge >= 0.3 is 0 Å². The van der Waals surface area contributed by atoms with Crippen LogP contribution in [0.2, 0.25) is 0 Å². The third-order valence-electron chi connectivity index (χ3n) is 2.61. The summed E-state index contributed by atoms with van der Waals surface area (Å²) in [5.41, 5.74) is 0.338. The van der Waals surface area contributed by atoms with Crippen LogP contribution in [0, 0.1) is 5.92 Å². The van der Waals surface area contributed by atoms with Crippen LogP contribution in [0.4, 0.5) is 0 Å². The fraction of sp³-hybridized carbons (Fsp3) is 1.00. The molecular formula is C7H11IO. The van der Waals surface area contributed by atoms with Gasteiger partial charge in [0.1, 0.15) is 0 Å². The second-order valence-electron chi connectivity index (χ2n) is 3.31. The van der Waals surface area contributed by atoms with Crippen molar-refractivity contribution in [2.75, 3.05) is 4.43 Å². The van der Waals surface area contributed by atoms with Gasteiger partial charge in [0.15, 0.2) is 0 Å². The first-order valence-electron chi connectivity index (χ1n) is 3.49. The van der Waals surface area contributed by atoms with Gasteiger partial charge in [-0.1, -0.05) is 22.6 Å². The first-order valence-corrected chi connectivity index (χ1v) is 5.02. The second-order valence-corrected chi connectivity index (χ2v) is 4.07. The maximum Gasteiger partial charge on any atom is 0.0782 e. The third-order valence-corrected chi connectivity index (χ3v) is 4.00. The van der Waals surface area contributed by atoms with Crippen LogP contribution in [0.5, 0.6) is 0 Å². The number of hydrogen-bond donors (Lipinski definition) is 0. The highest BCUT2D eigenvalue weighted by atomic mass is 127. The van der Waals surface area contributed by atoms with E-state index in [0.717, 1.165) is 5.92 Å². The zero-order valence-electron chi connectivity index (χ0n) is 5.56. The van der Waals surface area contributed by atoms with Crippen LogP contribution in [0.15, 0.2) is 0 Å². The molecule has 1 saturated carbocycles. The lowest BCUT2D eigenvalue weighted by atomic mass is 9.74. The SMILES string of the molecule is CC1OC2(CI)CC1C2. The van der Waals surface area contributed by atoms with Crippen molar-refractivity contribution in [1.29, 1.82) is 0 Å². The summed E-state index contributed by atoms with van der Waals surface area (Å²) in [4.78, 5) is 0. The van der Waals surface area contributed by atoms with Gasteiger partial charge in [-0.3, -0.25) is 0 Å². The Kier molecular flexibility index (Phi) is 1.31. The number of halogens is 1. The average molecular weight is 238 g/mol. The second kappa shape index (κ2) is 1.84. The molecule has 3 rings (SSSR count). The Labute approximate surface area is 69.3 Å². The fourth-order valence-corrected chi connectivity index (χ4v) is 2.76. The standard InChI is InChI=1S/C7H11IO/c1-5-6-2-7(3-6,4-8)9-5/h5-6H,2-4H2,1H3. The van der Waals surface area contributed by atoms with Gasteiger partial charge in [0, 0.05) is 4.43 Å². The lowest BCUT2D eigenvalue weighted by Crippen LogP contribution is -2.37. The highest BCUT2D eigenvalue weighted by Gasteiger charge is 2.54. The molecule has 2 saturated heterocycles. The molecule has 9 heavy (non-hydrogen) atoms. The molecule has 0 radical (unpaired) electrons. The van der Waals surface area contributed by atoms with Gasteiger partial charge in [-0.25, -0.2) is 0 Å². The van der Waals surface area contributed by atoms with Crippen LogP contribution in [-0.4, -0.2) is 16.1 Å². The van der Waals surface area contributed by atoms with E-state index in [1.165, 1.54) is 17.3 Å². The minimum Gasteiger partial charge on any atom is -0.371 e. The lowest BCUT2D eigenvalue weighted by Gasteiger charge is -2.33. The fourth-order valence-electron chi connectivity index (χ4n) is 1.96. The molecule has 3 aliphatic rings. The molecule has 3 fully saturated rings. The smallest absolute Gasteiger partial charge is 0.0782 e. The average Bonchev–Trinajstić information content (AvgIpc) is 2.18. The summed E-state index contributed by atoms with van der Waals surface area (Å²) >= 11 is 2.43. The highest BCUT2D eigenvalue weighted by Crippen LogP contribution is 2.52. The van der Waals surface area contributed by atoms with E-state index in [1.54, 1.807) is 0 Å². The zero-order chi connectivity index (χ0) is 6.48. The van der Waals surface area contributed by atoms with Crippen LogP contribution < -0.4 is 0 Å². The van der Waals surface area contributed by atoms with Crippen molar-refractivity contribution in [1.82, 2.24) is 0 Å². The number of fused-ring (bicyclic) bond motifs is 1. The maximum atomic E-state index is 5.76. The zero-order valence-corrected chi connectivity index (χ0v) is 7.72. The predicted octanol–water partition coefficient (Wildman–Crippen LogP) is 1.99. The summed E-state index contributed by atoms with van der Waals surface area (Å²) in [6.45, 7) is 2.20. The van der Waals surface area contributed by atoms with Crippen LogP contribution in [0.1, 0.15) is 19.8 Å². The summed E-state index contributed by atoms with van der Waals surface area (Å²) in [7, 11) is 0. The minimum atomic E-state index is 0.338. The van der Waals surface area contributed by atoms with Crippen LogP contribution in [0.3, 0.4) is 0 Å². The van der Waals surface area contributed by atoms with E-state index in [0.29, 0.717) is 11.7 Å². The van der Waals surface area contributed by atoms with Crippen molar-refractivity contribution in [2.45, 2.75) is 31.5 Å². The normalized spacial score (nSPS) is 55.3. The van der Waals surface area contributed by atoms with Crippen molar-refractivity contribution >= 4 is 22.6 Å². The van der Waals surface area contributed by atoms with E-state index in [4.69, 9.17) is 4.74 Å². The van der Waals surface area contributed by atoms with Gasteiger partial charge in [0.25, 0.3) is 0 Å².